The maximum absolute atomic E-state index is 14.1. The van der Waals surface area contributed by atoms with Crippen LogP contribution in [0.15, 0.2) is 30.9 Å². The smallest absolute Gasteiger partial charge is 0.150 e. The maximum Gasteiger partial charge on any atom is 0.150 e. The summed E-state index contributed by atoms with van der Waals surface area (Å²) < 4.78 is 15.5. The van der Waals surface area contributed by atoms with E-state index in [0.29, 0.717) is 11.7 Å². The molecule has 0 saturated heterocycles. The highest BCUT2D eigenvalue weighted by atomic mass is 19.1. The molecule has 20 heavy (non-hydrogen) atoms. The number of hydrogen-bond donors (Lipinski definition) is 1. The highest BCUT2D eigenvalue weighted by molar-refractivity contribution is 5.50. The molecule has 0 amide bonds. The maximum atomic E-state index is 14.1. The first kappa shape index (κ1) is 14.5. The van der Waals surface area contributed by atoms with Crippen molar-refractivity contribution in [2.24, 2.45) is 0 Å². The Kier molecular flexibility index (Phi) is 5.09. The van der Waals surface area contributed by atoms with E-state index in [2.05, 4.69) is 29.2 Å². The average molecular weight is 276 g/mol. The Morgan fingerprint density at radius 1 is 1.25 bits per heavy atom. The van der Waals surface area contributed by atoms with Gasteiger partial charge in [0.15, 0.2) is 5.82 Å². The minimum absolute atomic E-state index is 0.299. The summed E-state index contributed by atoms with van der Waals surface area (Å²) in [6.45, 7) is 4.33. The number of benzene rings is 1. The van der Waals surface area contributed by atoms with E-state index in [1.54, 1.807) is 6.07 Å². The van der Waals surface area contributed by atoms with Gasteiger partial charge in [0.05, 0.1) is 0 Å². The number of anilines is 1. The summed E-state index contributed by atoms with van der Waals surface area (Å²) in [4.78, 5) is 3.83. The molecule has 1 N–H and O–H groups in total. The van der Waals surface area contributed by atoms with Gasteiger partial charge in [0.25, 0.3) is 0 Å². The Balaban J connectivity index is 2.12. The van der Waals surface area contributed by atoms with E-state index in [1.807, 2.05) is 6.07 Å². The molecule has 108 valence electrons. The molecule has 4 nitrogen and oxygen atoms in total. The molecular formula is C15H21FN4. The minimum atomic E-state index is -0.299. The third-order valence-corrected chi connectivity index (χ3v) is 3.26. The van der Waals surface area contributed by atoms with Gasteiger partial charge in [0.1, 0.15) is 18.3 Å². The van der Waals surface area contributed by atoms with Crippen molar-refractivity contribution in [2.75, 3.05) is 5.32 Å². The van der Waals surface area contributed by atoms with Crippen LogP contribution in [0.3, 0.4) is 0 Å². The summed E-state index contributed by atoms with van der Waals surface area (Å²) in [6.07, 6.45) is 7.32. The Morgan fingerprint density at radius 2 is 2.00 bits per heavy atom. The number of halogens is 1. The zero-order valence-electron chi connectivity index (χ0n) is 12.0. The largest absolute Gasteiger partial charge is 0.382 e. The average Bonchev–Trinajstić information content (AvgIpc) is 2.93. The molecule has 0 saturated carbocycles. The fraction of sp³-hybridized carbons (Fsp3) is 0.467. The molecule has 0 bridgehead atoms. The van der Waals surface area contributed by atoms with Crippen LogP contribution in [-0.2, 0) is 0 Å². The lowest BCUT2D eigenvalue weighted by molar-refractivity contribution is 0.583. The van der Waals surface area contributed by atoms with E-state index in [0.717, 1.165) is 31.4 Å². The van der Waals surface area contributed by atoms with Crippen molar-refractivity contribution >= 4 is 5.69 Å². The normalized spacial score (nSPS) is 11.0. The number of hydrogen-bond acceptors (Lipinski definition) is 3. The first-order chi connectivity index (χ1) is 9.74. The Bertz CT molecular complexity index is 519. The Morgan fingerprint density at radius 3 is 2.55 bits per heavy atom. The monoisotopic (exact) mass is 276 g/mol. The fourth-order valence-electron chi connectivity index (χ4n) is 2.34. The first-order valence-corrected chi connectivity index (χ1v) is 7.15. The number of rotatable bonds is 7. The van der Waals surface area contributed by atoms with Crippen LogP contribution in [-0.4, -0.2) is 20.8 Å². The predicted molar refractivity (Wildman–Crippen MR) is 78.5 cm³/mol. The second-order valence-electron chi connectivity index (χ2n) is 4.92. The quantitative estimate of drug-likeness (QED) is 0.836. The van der Waals surface area contributed by atoms with E-state index in [1.165, 1.54) is 23.4 Å². The van der Waals surface area contributed by atoms with Crippen molar-refractivity contribution in [3.8, 4) is 5.69 Å². The van der Waals surface area contributed by atoms with E-state index in [4.69, 9.17) is 0 Å². The van der Waals surface area contributed by atoms with Crippen molar-refractivity contribution in [3.63, 3.8) is 0 Å². The van der Waals surface area contributed by atoms with Gasteiger partial charge in [-0.3, -0.25) is 0 Å². The van der Waals surface area contributed by atoms with Gasteiger partial charge in [0.2, 0.25) is 0 Å². The van der Waals surface area contributed by atoms with Gasteiger partial charge < -0.3 is 5.32 Å². The third-order valence-electron chi connectivity index (χ3n) is 3.26. The zero-order chi connectivity index (χ0) is 14.4. The lowest BCUT2D eigenvalue weighted by Crippen LogP contribution is -2.19. The molecule has 0 aliphatic carbocycles. The lowest BCUT2D eigenvalue weighted by atomic mass is 10.1. The number of nitrogens with zero attached hydrogens (tertiary/aromatic N) is 3. The Hall–Kier alpha value is -1.91. The van der Waals surface area contributed by atoms with Crippen LogP contribution in [0.2, 0.25) is 0 Å². The van der Waals surface area contributed by atoms with Crippen molar-refractivity contribution in [3.05, 3.63) is 36.7 Å². The minimum Gasteiger partial charge on any atom is -0.382 e. The summed E-state index contributed by atoms with van der Waals surface area (Å²) in [5, 5.41) is 7.35. The van der Waals surface area contributed by atoms with Crippen LogP contribution in [0.1, 0.15) is 39.5 Å². The van der Waals surface area contributed by atoms with Crippen molar-refractivity contribution < 1.29 is 4.39 Å². The van der Waals surface area contributed by atoms with Crippen molar-refractivity contribution in [1.29, 1.82) is 0 Å². The van der Waals surface area contributed by atoms with E-state index in [-0.39, 0.29) is 5.82 Å². The highest BCUT2D eigenvalue weighted by Gasteiger charge is 2.10. The van der Waals surface area contributed by atoms with Crippen LogP contribution in [0.4, 0.5) is 10.1 Å². The van der Waals surface area contributed by atoms with Crippen LogP contribution in [0.5, 0.6) is 0 Å². The third kappa shape index (κ3) is 3.56. The van der Waals surface area contributed by atoms with Gasteiger partial charge in [-0.15, -0.1) is 0 Å². The number of aromatic nitrogens is 3. The van der Waals surface area contributed by atoms with Gasteiger partial charge in [-0.2, -0.15) is 5.10 Å². The molecule has 0 atom stereocenters. The van der Waals surface area contributed by atoms with Crippen LogP contribution in [0.25, 0.3) is 5.69 Å². The fourth-order valence-corrected chi connectivity index (χ4v) is 2.34. The SMILES string of the molecule is CCCC(CCC)Nc1ccc(-n2cncn2)c(F)c1. The summed E-state index contributed by atoms with van der Waals surface area (Å²) in [5.74, 6) is -0.299. The molecule has 0 radical (unpaired) electrons. The molecule has 0 unspecified atom stereocenters. The van der Waals surface area contributed by atoms with Crippen molar-refractivity contribution in [1.82, 2.24) is 14.8 Å². The van der Waals surface area contributed by atoms with E-state index < -0.39 is 0 Å². The summed E-state index contributed by atoms with van der Waals surface area (Å²) >= 11 is 0. The molecule has 2 aromatic rings. The molecule has 0 aliphatic rings. The molecule has 1 aromatic carbocycles. The molecule has 5 heteroatoms. The zero-order valence-corrected chi connectivity index (χ0v) is 12.0. The van der Waals surface area contributed by atoms with Gasteiger partial charge in [-0.05, 0) is 31.0 Å². The molecular weight excluding hydrogens is 255 g/mol. The molecule has 0 fully saturated rings. The van der Waals surface area contributed by atoms with E-state index >= 15 is 0 Å². The molecule has 0 spiro atoms. The van der Waals surface area contributed by atoms with Gasteiger partial charge in [-0.1, -0.05) is 26.7 Å². The topological polar surface area (TPSA) is 42.7 Å². The predicted octanol–water partition coefficient (Wildman–Crippen LogP) is 3.79. The second kappa shape index (κ2) is 7.03. The van der Waals surface area contributed by atoms with Crippen LogP contribution in [0, 0.1) is 5.82 Å². The van der Waals surface area contributed by atoms with Gasteiger partial charge in [-0.25, -0.2) is 14.1 Å². The van der Waals surface area contributed by atoms with Crippen LogP contribution < -0.4 is 5.32 Å². The van der Waals surface area contributed by atoms with Crippen molar-refractivity contribution in [2.45, 2.75) is 45.6 Å². The molecule has 0 aliphatic heterocycles. The van der Waals surface area contributed by atoms with Gasteiger partial charge in [0, 0.05) is 11.7 Å². The number of nitrogens with one attached hydrogen (secondary N) is 1. The first-order valence-electron chi connectivity index (χ1n) is 7.15. The summed E-state index contributed by atoms with van der Waals surface area (Å²) in [5.41, 5.74) is 1.23. The molecule has 1 aromatic heterocycles. The molecule has 1 heterocycles. The van der Waals surface area contributed by atoms with E-state index in [9.17, 15) is 4.39 Å². The van der Waals surface area contributed by atoms with Gasteiger partial charge >= 0.3 is 0 Å². The summed E-state index contributed by atoms with van der Waals surface area (Å²) in [6, 6.07) is 5.54. The highest BCUT2D eigenvalue weighted by Crippen LogP contribution is 2.20. The molecule has 2 rings (SSSR count). The second-order valence-corrected chi connectivity index (χ2v) is 4.92. The van der Waals surface area contributed by atoms with Crippen LogP contribution >= 0.6 is 0 Å². The lowest BCUT2D eigenvalue weighted by Gasteiger charge is -2.19. The standard InChI is InChI=1S/C15H21FN4/c1-3-5-12(6-4-2)19-13-7-8-15(14(16)9-13)20-11-17-10-18-20/h7-12,19H,3-6H2,1-2H3. The summed E-state index contributed by atoms with van der Waals surface area (Å²) in [7, 11) is 0. The Labute approximate surface area is 119 Å².